The summed E-state index contributed by atoms with van der Waals surface area (Å²) in [7, 11) is 5.12. The summed E-state index contributed by atoms with van der Waals surface area (Å²) in [6, 6.07) is 18.2. The first-order valence-corrected chi connectivity index (χ1v) is 11.0. The van der Waals surface area contributed by atoms with Crippen LogP contribution in [-0.4, -0.2) is 64.2 Å². The third-order valence-electron chi connectivity index (χ3n) is 4.99. The van der Waals surface area contributed by atoms with E-state index >= 15 is 0 Å². The van der Waals surface area contributed by atoms with Crippen molar-refractivity contribution >= 4 is 35.8 Å². The van der Waals surface area contributed by atoms with E-state index in [1.807, 2.05) is 42.5 Å². The lowest BCUT2D eigenvalue weighted by Gasteiger charge is -2.15. The molecule has 0 saturated heterocycles. The normalized spacial score (nSPS) is 11.8. The molecule has 8 heteroatoms. The fourth-order valence-corrected chi connectivity index (χ4v) is 2.94. The van der Waals surface area contributed by atoms with E-state index in [0.717, 1.165) is 18.6 Å². The number of rotatable bonds is 12. The predicted molar refractivity (Wildman–Crippen MR) is 145 cm³/mol. The molecular weight excluding hydrogens is 531 g/mol. The zero-order valence-electron chi connectivity index (χ0n) is 20.0. The Kier molecular flexibility index (Phi) is 14.2. The lowest BCUT2D eigenvalue weighted by atomic mass is 10.1. The van der Waals surface area contributed by atoms with Crippen LogP contribution in [0.1, 0.15) is 30.6 Å². The lowest BCUT2D eigenvalue weighted by molar-refractivity contribution is -0.127. The molecule has 2 N–H and O–H groups in total. The zero-order chi connectivity index (χ0) is 23.2. The highest BCUT2D eigenvalue weighted by Gasteiger charge is 2.06. The van der Waals surface area contributed by atoms with E-state index in [-0.39, 0.29) is 42.5 Å². The van der Waals surface area contributed by atoms with Crippen molar-refractivity contribution in [3.8, 4) is 5.75 Å². The third kappa shape index (κ3) is 11.4. The summed E-state index contributed by atoms with van der Waals surface area (Å²) in [5, 5.41) is 6.61. The summed E-state index contributed by atoms with van der Waals surface area (Å²) in [5.41, 5.74) is 2.37. The number of halogens is 1. The topological polar surface area (TPSA) is 75.2 Å². The Bertz CT molecular complexity index is 829. The molecule has 2 aromatic carbocycles. The molecule has 0 radical (unpaired) electrons. The van der Waals surface area contributed by atoms with Gasteiger partial charge in [-0.15, -0.1) is 24.0 Å². The molecule has 1 unspecified atom stereocenters. The first-order valence-electron chi connectivity index (χ1n) is 11.0. The predicted octanol–water partition coefficient (Wildman–Crippen LogP) is 3.65. The second-order valence-corrected chi connectivity index (χ2v) is 7.68. The molecule has 2 rings (SSSR count). The number of likely N-dealkylation sites (N-methyl/N-ethyl adjacent to an activating group) is 1. The Morgan fingerprint density at radius 2 is 1.70 bits per heavy atom. The number of nitrogens with zero attached hydrogens (tertiary/aromatic N) is 2. The number of carbonyl (C=O) groups is 1. The number of carbonyl (C=O) groups excluding carboxylic acids is 1. The van der Waals surface area contributed by atoms with Crippen molar-refractivity contribution in [3.63, 3.8) is 0 Å². The Labute approximate surface area is 215 Å². The molecule has 182 valence electrons. The van der Waals surface area contributed by atoms with Crippen LogP contribution in [0.15, 0.2) is 59.6 Å². The summed E-state index contributed by atoms with van der Waals surface area (Å²) < 4.78 is 11.1. The molecule has 0 aliphatic carbocycles. The second-order valence-electron chi connectivity index (χ2n) is 7.68. The standard InChI is InChI=1S/C25H36N4O3.HI/c1-20(22-9-6-5-7-10-22)32-18-8-16-26-25(28-19-24(30)29(2)3)27-17-15-21-11-13-23(31-4)14-12-21;/h5-7,9-14,20H,8,15-19H2,1-4H3,(H2,26,27,28);1H. The van der Waals surface area contributed by atoms with Gasteiger partial charge in [-0.05, 0) is 43.0 Å². The van der Waals surface area contributed by atoms with E-state index in [0.29, 0.717) is 25.7 Å². The highest BCUT2D eigenvalue weighted by atomic mass is 127. The minimum atomic E-state index is -0.0405. The van der Waals surface area contributed by atoms with E-state index in [4.69, 9.17) is 9.47 Å². The Balaban J connectivity index is 0.00000544. The smallest absolute Gasteiger partial charge is 0.243 e. The number of hydrogen-bond donors (Lipinski definition) is 2. The van der Waals surface area contributed by atoms with Gasteiger partial charge in [-0.1, -0.05) is 42.5 Å². The van der Waals surface area contributed by atoms with Crippen molar-refractivity contribution in [3.05, 3.63) is 65.7 Å². The Morgan fingerprint density at radius 3 is 2.33 bits per heavy atom. The van der Waals surface area contributed by atoms with Crippen molar-refractivity contribution in [2.45, 2.75) is 25.9 Å². The molecule has 0 spiro atoms. The van der Waals surface area contributed by atoms with E-state index in [9.17, 15) is 4.79 Å². The number of benzene rings is 2. The zero-order valence-corrected chi connectivity index (χ0v) is 22.4. The van der Waals surface area contributed by atoms with Gasteiger partial charge in [0.25, 0.3) is 0 Å². The average Bonchev–Trinajstić information content (AvgIpc) is 2.82. The van der Waals surface area contributed by atoms with Crippen molar-refractivity contribution in [1.82, 2.24) is 15.5 Å². The van der Waals surface area contributed by atoms with Crippen LogP contribution in [-0.2, 0) is 16.0 Å². The molecule has 2 aromatic rings. The van der Waals surface area contributed by atoms with Gasteiger partial charge in [-0.2, -0.15) is 0 Å². The van der Waals surface area contributed by atoms with Crippen LogP contribution in [0.2, 0.25) is 0 Å². The van der Waals surface area contributed by atoms with Crippen LogP contribution in [0.5, 0.6) is 5.75 Å². The molecule has 0 fully saturated rings. The Morgan fingerprint density at radius 1 is 1.03 bits per heavy atom. The summed E-state index contributed by atoms with van der Waals surface area (Å²) in [6.45, 7) is 4.20. The fraction of sp³-hybridized carbons (Fsp3) is 0.440. The van der Waals surface area contributed by atoms with Crippen LogP contribution in [0.25, 0.3) is 0 Å². The second kappa shape index (κ2) is 16.3. The van der Waals surface area contributed by atoms with Crippen LogP contribution >= 0.6 is 24.0 Å². The van der Waals surface area contributed by atoms with Crippen LogP contribution < -0.4 is 15.4 Å². The number of guanidine groups is 1. The van der Waals surface area contributed by atoms with Gasteiger partial charge in [-0.3, -0.25) is 4.79 Å². The van der Waals surface area contributed by atoms with Gasteiger partial charge >= 0.3 is 0 Å². The fourth-order valence-electron chi connectivity index (χ4n) is 2.94. The van der Waals surface area contributed by atoms with E-state index < -0.39 is 0 Å². The van der Waals surface area contributed by atoms with E-state index in [1.165, 1.54) is 16.0 Å². The molecule has 0 heterocycles. The quantitative estimate of drug-likeness (QED) is 0.177. The van der Waals surface area contributed by atoms with Gasteiger partial charge < -0.3 is 25.0 Å². The molecule has 0 aromatic heterocycles. The van der Waals surface area contributed by atoms with Crippen molar-refractivity contribution in [1.29, 1.82) is 0 Å². The van der Waals surface area contributed by atoms with E-state index in [1.54, 1.807) is 21.2 Å². The largest absolute Gasteiger partial charge is 0.497 e. The van der Waals surface area contributed by atoms with Crippen molar-refractivity contribution in [2.75, 3.05) is 47.4 Å². The highest BCUT2D eigenvalue weighted by Crippen LogP contribution is 2.15. The summed E-state index contributed by atoms with van der Waals surface area (Å²) in [5.74, 6) is 1.43. The summed E-state index contributed by atoms with van der Waals surface area (Å²) >= 11 is 0. The van der Waals surface area contributed by atoms with Gasteiger partial charge in [0, 0.05) is 33.8 Å². The SMILES string of the molecule is COc1ccc(CCNC(=NCC(=O)N(C)C)NCCCOC(C)c2ccccc2)cc1.I. The first kappa shape index (κ1) is 28.7. The van der Waals surface area contributed by atoms with Gasteiger partial charge in [0.2, 0.25) is 5.91 Å². The number of ether oxygens (including phenoxy) is 2. The molecule has 1 amide bonds. The van der Waals surface area contributed by atoms with Gasteiger partial charge in [0.1, 0.15) is 12.3 Å². The maximum absolute atomic E-state index is 11.9. The highest BCUT2D eigenvalue weighted by molar-refractivity contribution is 14.0. The number of amides is 1. The number of aliphatic imine (C=N–C) groups is 1. The molecule has 1 atom stereocenters. The van der Waals surface area contributed by atoms with E-state index in [2.05, 4.69) is 34.7 Å². The van der Waals surface area contributed by atoms with Crippen LogP contribution in [0, 0.1) is 0 Å². The molecule has 0 bridgehead atoms. The van der Waals surface area contributed by atoms with Crippen LogP contribution in [0.3, 0.4) is 0 Å². The summed E-state index contributed by atoms with van der Waals surface area (Å²) in [4.78, 5) is 17.9. The number of hydrogen-bond acceptors (Lipinski definition) is 4. The molecule has 7 nitrogen and oxygen atoms in total. The molecule has 0 saturated carbocycles. The minimum absolute atomic E-state index is 0. The van der Waals surface area contributed by atoms with Crippen molar-refractivity contribution < 1.29 is 14.3 Å². The molecule has 0 aliphatic heterocycles. The maximum Gasteiger partial charge on any atom is 0.243 e. The van der Waals surface area contributed by atoms with Gasteiger partial charge in [0.05, 0.1) is 13.2 Å². The maximum atomic E-state index is 11.9. The average molecular weight is 569 g/mol. The molecular formula is C25H37IN4O3. The number of nitrogens with one attached hydrogen (secondary N) is 2. The molecule has 0 aliphatic rings. The van der Waals surface area contributed by atoms with Crippen LogP contribution in [0.4, 0.5) is 0 Å². The minimum Gasteiger partial charge on any atom is -0.497 e. The first-order chi connectivity index (χ1) is 15.5. The Hall–Kier alpha value is -2.33. The van der Waals surface area contributed by atoms with Crippen molar-refractivity contribution in [2.24, 2.45) is 4.99 Å². The summed E-state index contributed by atoms with van der Waals surface area (Å²) in [6.07, 6.45) is 1.73. The van der Waals surface area contributed by atoms with Gasteiger partial charge in [-0.25, -0.2) is 4.99 Å². The van der Waals surface area contributed by atoms with Gasteiger partial charge in [0.15, 0.2) is 5.96 Å². The lowest BCUT2D eigenvalue weighted by Crippen LogP contribution is -2.40. The molecule has 33 heavy (non-hydrogen) atoms. The number of methoxy groups -OCH3 is 1. The third-order valence-corrected chi connectivity index (χ3v) is 4.99. The monoisotopic (exact) mass is 568 g/mol.